The molecule has 0 aromatic heterocycles. The van der Waals surface area contributed by atoms with Gasteiger partial charge in [0.2, 0.25) is 5.91 Å². The third-order valence-electron chi connectivity index (χ3n) is 4.21. The molecule has 6 heteroatoms. The molecule has 1 aliphatic rings. The van der Waals surface area contributed by atoms with Crippen LogP contribution in [0.25, 0.3) is 0 Å². The summed E-state index contributed by atoms with van der Waals surface area (Å²) in [6.07, 6.45) is 0.520. The first-order chi connectivity index (χ1) is 12.0. The number of rotatable bonds is 4. The van der Waals surface area contributed by atoms with Crippen molar-refractivity contribution in [3.05, 3.63) is 53.6 Å². The van der Waals surface area contributed by atoms with Crippen LogP contribution >= 0.6 is 0 Å². The summed E-state index contributed by atoms with van der Waals surface area (Å²) in [6.45, 7) is 1.48. The summed E-state index contributed by atoms with van der Waals surface area (Å²) in [6, 6.07) is 12.1. The van der Waals surface area contributed by atoms with Gasteiger partial charge in [-0.05, 0) is 35.9 Å². The number of amides is 1. The summed E-state index contributed by atoms with van der Waals surface area (Å²) in [7, 11) is 3.19. The van der Waals surface area contributed by atoms with Crippen molar-refractivity contribution in [2.24, 2.45) is 5.10 Å². The van der Waals surface area contributed by atoms with E-state index in [0.29, 0.717) is 17.9 Å². The summed E-state index contributed by atoms with van der Waals surface area (Å²) in [5.41, 5.74) is 2.35. The Bertz CT molecular complexity index is 832. The molecule has 0 saturated carbocycles. The van der Waals surface area contributed by atoms with E-state index in [2.05, 4.69) is 5.10 Å². The quantitative estimate of drug-likeness (QED) is 0.928. The highest BCUT2D eigenvalue weighted by Crippen LogP contribution is 2.36. The van der Waals surface area contributed by atoms with Gasteiger partial charge in [-0.3, -0.25) is 4.79 Å². The van der Waals surface area contributed by atoms with E-state index in [4.69, 9.17) is 9.47 Å². The van der Waals surface area contributed by atoms with E-state index >= 15 is 0 Å². The molecular formula is C19H20N2O4. The number of aromatic hydroxyl groups is 1. The van der Waals surface area contributed by atoms with Gasteiger partial charge in [-0.2, -0.15) is 5.10 Å². The molecule has 0 fully saturated rings. The van der Waals surface area contributed by atoms with Crippen molar-refractivity contribution in [2.75, 3.05) is 14.2 Å². The van der Waals surface area contributed by atoms with E-state index in [0.717, 1.165) is 16.8 Å². The Labute approximate surface area is 146 Å². The van der Waals surface area contributed by atoms with Crippen LogP contribution < -0.4 is 9.47 Å². The molecule has 1 aliphatic heterocycles. The fourth-order valence-electron chi connectivity index (χ4n) is 2.99. The van der Waals surface area contributed by atoms with Crippen molar-refractivity contribution in [2.45, 2.75) is 19.4 Å². The van der Waals surface area contributed by atoms with E-state index in [-0.39, 0.29) is 17.7 Å². The van der Waals surface area contributed by atoms with Gasteiger partial charge in [0.25, 0.3) is 0 Å². The maximum Gasteiger partial charge on any atom is 0.240 e. The number of hydrogen-bond acceptors (Lipinski definition) is 5. The molecule has 1 N–H and O–H groups in total. The first kappa shape index (κ1) is 16.8. The molecule has 2 aromatic rings. The summed E-state index contributed by atoms with van der Waals surface area (Å²) in [5.74, 6) is 1.35. The lowest BCUT2D eigenvalue weighted by Crippen LogP contribution is -2.24. The molecule has 0 spiro atoms. The molecule has 3 rings (SSSR count). The van der Waals surface area contributed by atoms with Gasteiger partial charge < -0.3 is 14.6 Å². The molecule has 25 heavy (non-hydrogen) atoms. The van der Waals surface area contributed by atoms with Crippen LogP contribution in [0.5, 0.6) is 17.2 Å². The SMILES string of the molecule is COc1ccc(OC)c(C2=NN(C(C)=O)[C@H](c3cccc(O)c3)C2)c1. The van der Waals surface area contributed by atoms with Crippen molar-refractivity contribution >= 4 is 11.6 Å². The van der Waals surface area contributed by atoms with E-state index in [1.54, 1.807) is 32.4 Å². The number of hydrogen-bond donors (Lipinski definition) is 1. The van der Waals surface area contributed by atoms with Crippen LogP contribution in [-0.2, 0) is 4.79 Å². The molecule has 0 bridgehead atoms. The lowest BCUT2D eigenvalue weighted by atomic mass is 9.97. The maximum absolute atomic E-state index is 12.1. The van der Waals surface area contributed by atoms with Gasteiger partial charge in [0.15, 0.2) is 0 Å². The Morgan fingerprint density at radius 1 is 1.20 bits per heavy atom. The summed E-state index contributed by atoms with van der Waals surface area (Å²) in [4.78, 5) is 12.1. The predicted octanol–water partition coefficient (Wildman–Crippen LogP) is 3.11. The zero-order chi connectivity index (χ0) is 18.0. The highest BCUT2D eigenvalue weighted by molar-refractivity contribution is 6.05. The minimum atomic E-state index is -0.268. The van der Waals surface area contributed by atoms with Crippen LogP contribution in [0.4, 0.5) is 0 Å². The van der Waals surface area contributed by atoms with Gasteiger partial charge in [-0.15, -0.1) is 0 Å². The van der Waals surface area contributed by atoms with Crippen molar-refractivity contribution < 1.29 is 19.4 Å². The topological polar surface area (TPSA) is 71.4 Å². The van der Waals surface area contributed by atoms with Gasteiger partial charge in [0, 0.05) is 18.9 Å². The van der Waals surface area contributed by atoms with Crippen molar-refractivity contribution in [1.82, 2.24) is 5.01 Å². The molecule has 0 aliphatic carbocycles. The molecule has 2 aromatic carbocycles. The smallest absolute Gasteiger partial charge is 0.240 e. The molecule has 130 valence electrons. The normalized spacial score (nSPS) is 16.5. The van der Waals surface area contributed by atoms with Gasteiger partial charge >= 0.3 is 0 Å². The number of phenolic OH excluding ortho intramolecular Hbond substituents is 1. The van der Waals surface area contributed by atoms with Crippen LogP contribution in [-0.4, -0.2) is 36.0 Å². The number of nitrogens with zero attached hydrogens (tertiary/aromatic N) is 2. The van der Waals surface area contributed by atoms with Crippen molar-refractivity contribution in [3.63, 3.8) is 0 Å². The zero-order valence-electron chi connectivity index (χ0n) is 14.4. The fourth-order valence-corrected chi connectivity index (χ4v) is 2.99. The van der Waals surface area contributed by atoms with E-state index in [1.807, 2.05) is 24.3 Å². The molecular weight excluding hydrogens is 320 g/mol. The number of methoxy groups -OCH3 is 2. The van der Waals surface area contributed by atoms with Crippen molar-refractivity contribution in [3.8, 4) is 17.2 Å². The first-order valence-corrected chi connectivity index (χ1v) is 7.92. The van der Waals surface area contributed by atoms with E-state index < -0.39 is 0 Å². The van der Waals surface area contributed by atoms with Crippen LogP contribution in [0.15, 0.2) is 47.6 Å². The second-order valence-corrected chi connectivity index (χ2v) is 5.79. The van der Waals surface area contributed by atoms with Gasteiger partial charge in [0.1, 0.15) is 17.2 Å². The van der Waals surface area contributed by atoms with E-state index in [9.17, 15) is 9.90 Å². The third kappa shape index (κ3) is 3.28. The molecule has 0 unspecified atom stereocenters. The highest BCUT2D eigenvalue weighted by atomic mass is 16.5. The summed E-state index contributed by atoms with van der Waals surface area (Å²) >= 11 is 0. The minimum absolute atomic E-state index is 0.161. The van der Waals surface area contributed by atoms with Gasteiger partial charge in [0.05, 0.1) is 26.0 Å². The van der Waals surface area contributed by atoms with Crippen LogP contribution in [0.3, 0.4) is 0 Å². The number of ether oxygens (including phenoxy) is 2. The summed E-state index contributed by atoms with van der Waals surface area (Å²) < 4.78 is 10.7. The Balaban J connectivity index is 2.02. The Morgan fingerprint density at radius 3 is 2.64 bits per heavy atom. The zero-order valence-corrected chi connectivity index (χ0v) is 14.4. The average Bonchev–Trinajstić information content (AvgIpc) is 3.06. The molecule has 0 saturated heterocycles. The predicted molar refractivity (Wildman–Crippen MR) is 94.1 cm³/mol. The first-order valence-electron chi connectivity index (χ1n) is 7.92. The van der Waals surface area contributed by atoms with Crippen LogP contribution in [0.2, 0.25) is 0 Å². The average molecular weight is 340 g/mol. The van der Waals surface area contributed by atoms with E-state index in [1.165, 1.54) is 11.9 Å². The summed E-state index contributed by atoms with van der Waals surface area (Å²) in [5, 5.41) is 15.7. The molecule has 6 nitrogen and oxygen atoms in total. The Kier molecular flexibility index (Phi) is 4.61. The second-order valence-electron chi connectivity index (χ2n) is 5.79. The maximum atomic E-state index is 12.1. The van der Waals surface area contributed by atoms with Crippen LogP contribution in [0.1, 0.15) is 30.5 Å². The number of carbonyl (C=O) groups is 1. The van der Waals surface area contributed by atoms with Crippen LogP contribution in [0, 0.1) is 0 Å². The Hall–Kier alpha value is -3.02. The highest BCUT2D eigenvalue weighted by Gasteiger charge is 2.32. The lowest BCUT2D eigenvalue weighted by Gasteiger charge is -2.20. The molecule has 0 radical (unpaired) electrons. The Morgan fingerprint density at radius 2 is 2.00 bits per heavy atom. The third-order valence-corrected chi connectivity index (χ3v) is 4.21. The van der Waals surface area contributed by atoms with Gasteiger partial charge in [-0.25, -0.2) is 5.01 Å². The number of hydrazone groups is 1. The minimum Gasteiger partial charge on any atom is -0.508 e. The monoisotopic (exact) mass is 340 g/mol. The molecule has 1 heterocycles. The lowest BCUT2D eigenvalue weighted by molar-refractivity contribution is -0.130. The number of phenols is 1. The van der Waals surface area contributed by atoms with Gasteiger partial charge in [-0.1, -0.05) is 12.1 Å². The fraction of sp³-hybridized carbons (Fsp3) is 0.263. The second kappa shape index (κ2) is 6.84. The number of carbonyl (C=O) groups excluding carboxylic acids is 1. The van der Waals surface area contributed by atoms with Crippen molar-refractivity contribution in [1.29, 1.82) is 0 Å². The molecule has 1 atom stereocenters. The molecule has 1 amide bonds. The standard InChI is InChI=1S/C19H20N2O4/c1-12(22)21-18(13-5-4-6-14(23)9-13)11-17(20-21)16-10-15(24-2)7-8-19(16)25-3/h4-10,18,23H,11H2,1-3H3/t18-/m0/s1. The largest absolute Gasteiger partial charge is 0.508 e. The number of benzene rings is 2.